The first-order valence-corrected chi connectivity index (χ1v) is 7.86. The Kier molecular flexibility index (Phi) is 5.97. The molecule has 0 fully saturated rings. The molecule has 0 atom stereocenters. The molecular formula is C18H22N2O3. The average Bonchev–Trinajstić information content (AvgIpc) is 2.53. The molecule has 0 aliphatic rings. The third-order valence-electron chi connectivity index (χ3n) is 3.62. The van der Waals surface area contributed by atoms with Crippen molar-refractivity contribution in [2.75, 3.05) is 0 Å². The maximum absolute atomic E-state index is 9.93. The Morgan fingerprint density at radius 2 is 1.52 bits per heavy atom. The van der Waals surface area contributed by atoms with E-state index < -0.39 is 0 Å². The van der Waals surface area contributed by atoms with Crippen LogP contribution in [0.15, 0.2) is 46.6 Å². The number of phenolic OH excluding ortho intramolecular Hbond substituents is 3. The number of benzene rings is 2. The van der Waals surface area contributed by atoms with E-state index in [0.717, 1.165) is 31.2 Å². The number of hydrogen-bond acceptors (Lipinski definition) is 5. The molecule has 0 spiro atoms. The zero-order chi connectivity index (χ0) is 16.7. The molecule has 0 aromatic heterocycles. The van der Waals surface area contributed by atoms with E-state index in [1.807, 2.05) is 0 Å². The van der Waals surface area contributed by atoms with Gasteiger partial charge in [0.2, 0.25) is 0 Å². The fourth-order valence-corrected chi connectivity index (χ4v) is 2.29. The van der Waals surface area contributed by atoms with Gasteiger partial charge in [-0.05, 0) is 36.6 Å². The minimum absolute atomic E-state index is 0.0225. The van der Waals surface area contributed by atoms with Crippen molar-refractivity contribution in [3.8, 4) is 17.2 Å². The monoisotopic (exact) mass is 314 g/mol. The van der Waals surface area contributed by atoms with Gasteiger partial charge in [0.05, 0.1) is 0 Å². The van der Waals surface area contributed by atoms with Gasteiger partial charge < -0.3 is 15.3 Å². The summed E-state index contributed by atoms with van der Waals surface area (Å²) in [6, 6.07) is 9.51. The highest BCUT2D eigenvalue weighted by Gasteiger charge is 2.09. The second kappa shape index (κ2) is 8.17. The van der Waals surface area contributed by atoms with E-state index in [-0.39, 0.29) is 22.9 Å². The summed E-state index contributed by atoms with van der Waals surface area (Å²) in [6.45, 7) is 2.15. The summed E-state index contributed by atoms with van der Waals surface area (Å²) in [7, 11) is 0. The Morgan fingerprint density at radius 3 is 2.26 bits per heavy atom. The second-order valence-corrected chi connectivity index (χ2v) is 5.47. The molecule has 0 heterocycles. The van der Waals surface area contributed by atoms with E-state index in [9.17, 15) is 15.3 Å². The van der Waals surface area contributed by atoms with Crippen LogP contribution in [0.4, 0.5) is 11.4 Å². The Hall–Kier alpha value is -2.56. The first-order chi connectivity index (χ1) is 11.1. The maximum atomic E-state index is 9.93. The van der Waals surface area contributed by atoms with Crippen molar-refractivity contribution in [2.24, 2.45) is 10.2 Å². The van der Waals surface area contributed by atoms with Crippen LogP contribution in [0.3, 0.4) is 0 Å². The predicted molar refractivity (Wildman–Crippen MR) is 89.9 cm³/mol. The van der Waals surface area contributed by atoms with Crippen LogP contribution in [0.5, 0.6) is 17.2 Å². The molecule has 23 heavy (non-hydrogen) atoms. The van der Waals surface area contributed by atoms with Crippen LogP contribution in [0.25, 0.3) is 0 Å². The lowest BCUT2D eigenvalue weighted by Crippen LogP contribution is -1.87. The topological polar surface area (TPSA) is 85.4 Å². The van der Waals surface area contributed by atoms with Gasteiger partial charge >= 0.3 is 0 Å². The fourth-order valence-electron chi connectivity index (χ4n) is 2.29. The maximum Gasteiger partial charge on any atom is 0.146 e. The van der Waals surface area contributed by atoms with Crippen molar-refractivity contribution < 1.29 is 15.3 Å². The first kappa shape index (κ1) is 16.8. The van der Waals surface area contributed by atoms with Crippen LogP contribution in [0.2, 0.25) is 0 Å². The van der Waals surface area contributed by atoms with E-state index in [2.05, 4.69) is 17.2 Å². The van der Waals surface area contributed by atoms with E-state index in [1.165, 1.54) is 18.6 Å². The summed E-state index contributed by atoms with van der Waals surface area (Å²) < 4.78 is 0. The van der Waals surface area contributed by atoms with Gasteiger partial charge in [-0.1, -0.05) is 38.3 Å². The summed E-state index contributed by atoms with van der Waals surface area (Å²) in [6.07, 6.45) is 5.12. The van der Waals surface area contributed by atoms with Crippen molar-refractivity contribution in [2.45, 2.75) is 39.0 Å². The molecule has 2 aromatic rings. The number of nitrogens with zero attached hydrogens (tertiary/aromatic N) is 2. The molecule has 0 radical (unpaired) electrons. The zero-order valence-corrected chi connectivity index (χ0v) is 13.2. The molecule has 5 nitrogen and oxygen atoms in total. The van der Waals surface area contributed by atoms with Crippen molar-refractivity contribution in [3.63, 3.8) is 0 Å². The number of phenols is 3. The van der Waals surface area contributed by atoms with Gasteiger partial charge in [0, 0.05) is 6.07 Å². The van der Waals surface area contributed by atoms with E-state index in [0.29, 0.717) is 5.69 Å². The third-order valence-corrected chi connectivity index (χ3v) is 3.62. The van der Waals surface area contributed by atoms with E-state index >= 15 is 0 Å². The van der Waals surface area contributed by atoms with Gasteiger partial charge in [-0.25, -0.2) is 0 Å². The van der Waals surface area contributed by atoms with Gasteiger partial charge in [0.1, 0.15) is 28.6 Å². The Bertz CT molecular complexity index is 684. The number of azo groups is 1. The van der Waals surface area contributed by atoms with E-state index in [1.54, 1.807) is 24.3 Å². The molecule has 2 rings (SSSR count). The van der Waals surface area contributed by atoms with Crippen molar-refractivity contribution >= 4 is 11.4 Å². The highest BCUT2D eigenvalue weighted by atomic mass is 16.3. The fraction of sp³-hybridized carbons (Fsp3) is 0.333. The lowest BCUT2D eigenvalue weighted by Gasteiger charge is -2.07. The highest BCUT2D eigenvalue weighted by molar-refractivity contribution is 5.58. The smallest absolute Gasteiger partial charge is 0.146 e. The van der Waals surface area contributed by atoms with Gasteiger partial charge in [-0.15, -0.1) is 10.2 Å². The van der Waals surface area contributed by atoms with Crippen LogP contribution in [0.1, 0.15) is 38.2 Å². The molecule has 122 valence electrons. The molecule has 2 aromatic carbocycles. The summed E-state index contributed by atoms with van der Waals surface area (Å²) in [4.78, 5) is 0. The standard InChI is InChI=1S/C18H22N2O3/c1-2-3-4-5-8-13-11-15(18(23)12-17(13)22)20-19-14-9-6-7-10-16(14)21/h6-7,9-12,21-23H,2-5,8H2,1H3. The SMILES string of the molecule is CCCCCCc1cc(N=Nc2ccccc2O)c(O)cc1O. The van der Waals surface area contributed by atoms with Crippen LogP contribution in [-0.4, -0.2) is 15.3 Å². The van der Waals surface area contributed by atoms with Crippen molar-refractivity contribution in [3.05, 3.63) is 42.0 Å². The molecule has 3 N–H and O–H groups in total. The van der Waals surface area contributed by atoms with Crippen LogP contribution < -0.4 is 0 Å². The third kappa shape index (κ3) is 4.71. The predicted octanol–water partition coefficient (Wildman–Crippen LogP) is 5.34. The molecule has 0 aliphatic heterocycles. The lowest BCUT2D eigenvalue weighted by atomic mass is 10.0. The second-order valence-electron chi connectivity index (χ2n) is 5.47. The van der Waals surface area contributed by atoms with Crippen LogP contribution in [0, 0.1) is 0 Å². The molecular weight excluding hydrogens is 292 g/mol. The Morgan fingerprint density at radius 1 is 0.783 bits per heavy atom. The van der Waals surface area contributed by atoms with Gasteiger partial charge in [0.15, 0.2) is 0 Å². The quantitative estimate of drug-likeness (QED) is 0.476. The van der Waals surface area contributed by atoms with Gasteiger partial charge in [-0.2, -0.15) is 0 Å². The van der Waals surface area contributed by atoms with Crippen LogP contribution in [-0.2, 0) is 6.42 Å². The average molecular weight is 314 g/mol. The first-order valence-electron chi connectivity index (χ1n) is 7.86. The number of unbranched alkanes of at least 4 members (excludes halogenated alkanes) is 3. The molecule has 0 unspecified atom stereocenters. The Balaban J connectivity index is 2.16. The minimum Gasteiger partial charge on any atom is -0.508 e. The largest absolute Gasteiger partial charge is 0.508 e. The zero-order valence-electron chi connectivity index (χ0n) is 13.2. The lowest BCUT2D eigenvalue weighted by molar-refractivity contribution is 0.445. The number of rotatable bonds is 7. The minimum atomic E-state index is -0.140. The molecule has 0 aliphatic carbocycles. The summed E-state index contributed by atoms with van der Waals surface area (Å²) in [5, 5.41) is 37.4. The number of aryl methyl sites for hydroxylation is 1. The van der Waals surface area contributed by atoms with Gasteiger partial charge in [0.25, 0.3) is 0 Å². The van der Waals surface area contributed by atoms with Gasteiger partial charge in [-0.3, -0.25) is 0 Å². The number of hydrogen-bond donors (Lipinski definition) is 3. The summed E-state index contributed by atoms with van der Waals surface area (Å²) in [5.74, 6) is -0.0474. The summed E-state index contributed by atoms with van der Waals surface area (Å²) >= 11 is 0. The summed E-state index contributed by atoms with van der Waals surface area (Å²) in [5.41, 5.74) is 1.34. The van der Waals surface area contributed by atoms with E-state index in [4.69, 9.17) is 0 Å². The normalized spacial score (nSPS) is 11.2. The number of aromatic hydroxyl groups is 3. The Labute approximate surface area is 136 Å². The molecule has 0 amide bonds. The van der Waals surface area contributed by atoms with Crippen LogP contribution >= 0.6 is 0 Å². The highest BCUT2D eigenvalue weighted by Crippen LogP contribution is 2.36. The molecule has 0 saturated carbocycles. The van der Waals surface area contributed by atoms with Crippen molar-refractivity contribution in [1.82, 2.24) is 0 Å². The van der Waals surface area contributed by atoms with Crippen molar-refractivity contribution in [1.29, 1.82) is 0 Å². The molecule has 0 bridgehead atoms. The number of para-hydroxylation sites is 1. The molecule has 0 saturated heterocycles. The molecule has 5 heteroatoms.